The molecule has 0 aromatic heterocycles. The normalized spacial score (nSPS) is 12.5. The van der Waals surface area contributed by atoms with Crippen molar-refractivity contribution in [2.24, 2.45) is 0 Å². The lowest BCUT2D eigenvalue weighted by Gasteiger charge is -2.18. The van der Waals surface area contributed by atoms with Gasteiger partial charge in [-0.25, -0.2) is 4.39 Å². The Morgan fingerprint density at radius 2 is 1.05 bits per heavy atom. The Morgan fingerprint density at radius 1 is 0.619 bits per heavy atom. The molecule has 2 rings (SSSR count). The molecule has 0 aliphatic carbocycles. The molecule has 0 saturated heterocycles. The zero-order valence-electron chi connectivity index (χ0n) is 10.2. The number of hydrogen-bond acceptors (Lipinski definition) is 0. The SMILES string of the molecule is Fc1ccc(-c2c(C(F)(F)F)cccc2C(F)(F)F)cc1. The van der Waals surface area contributed by atoms with Crippen LogP contribution in [0.2, 0.25) is 0 Å². The molecule has 0 radical (unpaired) electrons. The molecule has 0 saturated carbocycles. The number of hydrogen-bond donors (Lipinski definition) is 0. The molecular formula is C14H7F7. The number of halogens is 7. The van der Waals surface area contributed by atoms with Gasteiger partial charge in [-0.3, -0.25) is 0 Å². The molecule has 0 aliphatic heterocycles. The Bertz CT molecular complexity index is 604. The van der Waals surface area contributed by atoms with Gasteiger partial charge < -0.3 is 0 Å². The van der Waals surface area contributed by atoms with Crippen molar-refractivity contribution in [1.82, 2.24) is 0 Å². The molecule has 2 aromatic rings. The maximum Gasteiger partial charge on any atom is 0.417 e. The highest BCUT2D eigenvalue weighted by Crippen LogP contribution is 2.44. The molecule has 0 fully saturated rings. The summed E-state index contributed by atoms with van der Waals surface area (Å²) < 4.78 is 90.5. The molecule has 0 unspecified atom stereocenters. The van der Waals surface area contributed by atoms with Crippen LogP contribution in [0.5, 0.6) is 0 Å². The molecule has 0 atom stereocenters. The average Bonchev–Trinajstić information content (AvgIpc) is 2.37. The predicted octanol–water partition coefficient (Wildman–Crippen LogP) is 5.53. The van der Waals surface area contributed by atoms with Crippen molar-refractivity contribution in [3.63, 3.8) is 0 Å². The van der Waals surface area contributed by atoms with Crippen LogP contribution in [-0.4, -0.2) is 0 Å². The topological polar surface area (TPSA) is 0 Å². The fourth-order valence-electron chi connectivity index (χ4n) is 1.95. The summed E-state index contributed by atoms with van der Waals surface area (Å²) in [4.78, 5) is 0. The van der Waals surface area contributed by atoms with Crippen LogP contribution in [0.15, 0.2) is 42.5 Å². The molecule has 0 spiro atoms. The summed E-state index contributed by atoms with van der Waals surface area (Å²) in [7, 11) is 0. The minimum atomic E-state index is -4.95. The highest BCUT2D eigenvalue weighted by molar-refractivity contribution is 5.72. The highest BCUT2D eigenvalue weighted by atomic mass is 19.4. The van der Waals surface area contributed by atoms with Gasteiger partial charge in [-0.2, -0.15) is 26.3 Å². The van der Waals surface area contributed by atoms with Gasteiger partial charge in [0.25, 0.3) is 0 Å². The van der Waals surface area contributed by atoms with E-state index in [1.807, 2.05) is 0 Å². The van der Waals surface area contributed by atoms with Crippen molar-refractivity contribution in [2.45, 2.75) is 12.4 Å². The summed E-state index contributed by atoms with van der Waals surface area (Å²) in [5, 5.41) is 0. The molecule has 0 nitrogen and oxygen atoms in total. The maximum absolute atomic E-state index is 12.9. The lowest BCUT2D eigenvalue weighted by Crippen LogP contribution is -2.14. The van der Waals surface area contributed by atoms with Crippen LogP contribution in [-0.2, 0) is 12.4 Å². The fourth-order valence-corrected chi connectivity index (χ4v) is 1.95. The first-order chi connectivity index (χ1) is 9.60. The molecular weight excluding hydrogens is 301 g/mol. The van der Waals surface area contributed by atoms with Crippen LogP contribution in [0.1, 0.15) is 11.1 Å². The minimum absolute atomic E-state index is 0.350. The summed E-state index contributed by atoms with van der Waals surface area (Å²) in [6.45, 7) is 0. The Kier molecular flexibility index (Phi) is 3.69. The third-order valence-electron chi connectivity index (χ3n) is 2.81. The fraction of sp³-hybridized carbons (Fsp3) is 0.143. The highest BCUT2D eigenvalue weighted by Gasteiger charge is 2.40. The van der Waals surface area contributed by atoms with E-state index in [2.05, 4.69) is 0 Å². The third kappa shape index (κ3) is 3.17. The van der Waals surface area contributed by atoms with Crippen LogP contribution in [0, 0.1) is 5.82 Å². The Balaban J connectivity index is 2.79. The lowest BCUT2D eigenvalue weighted by atomic mass is 9.93. The van der Waals surface area contributed by atoms with E-state index in [1.165, 1.54) is 0 Å². The van der Waals surface area contributed by atoms with E-state index < -0.39 is 34.9 Å². The molecule has 0 heterocycles. The maximum atomic E-state index is 12.9. The van der Waals surface area contributed by atoms with Crippen molar-refractivity contribution in [1.29, 1.82) is 0 Å². The van der Waals surface area contributed by atoms with E-state index in [-0.39, 0.29) is 5.56 Å². The van der Waals surface area contributed by atoms with Gasteiger partial charge in [-0.05, 0) is 29.8 Å². The van der Waals surface area contributed by atoms with Crippen LogP contribution in [0.25, 0.3) is 11.1 Å². The van der Waals surface area contributed by atoms with E-state index >= 15 is 0 Å². The first kappa shape index (κ1) is 15.3. The van der Waals surface area contributed by atoms with E-state index in [1.54, 1.807) is 0 Å². The molecule has 112 valence electrons. The molecule has 7 heteroatoms. The van der Waals surface area contributed by atoms with E-state index in [4.69, 9.17) is 0 Å². The molecule has 0 N–H and O–H groups in total. The van der Waals surface area contributed by atoms with Crippen LogP contribution in [0.4, 0.5) is 30.7 Å². The quantitative estimate of drug-likeness (QED) is 0.608. The molecule has 2 aromatic carbocycles. The van der Waals surface area contributed by atoms with E-state index in [0.717, 1.165) is 24.3 Å². The zero-order valence-corrected chi connectivity index (χ0v) is 10.2. The standard InChI is InChI=1S/C14H7F7/c15-9-6-4-8(5-7-9)12-10(13(16,17)18)2-1-3-11(12)14(19,20)21/h1-7H. The van der Waals surface area contributed by atoms with Crippen LogP contribution < -0.4 is 0 Å². The van der Waals surface area contributed by atoms with Gasteiger partial charge in [-0.15, -0.1) is 0 Å². The lowest BCUT2D eigenvalue weighted by molar-refractivity contribution is -0.142. The average molecular weight is 308 g/mol. The van der Waals surface area contributed by atoms with E-state index in [9.17, 15) is 30.7 Å². The Labute approximate surface area is 114 Å². The van der Waals surface area contributed by atoms with Crippen molar-refractivity contribution < 1.29 is 30.7 Å². The second-order valence-electron chi connectivity index (χ2n) is 4.23. The molecule has 21 heavy (non-hydrogen) atoms. The van der Waals surface area contributed by atoms with Gasteiger partial charge in [0.15, 0.2) is 0 Å². The molecule has 0 amide bonds. The summed E-state index contributed by atoms with van der Waals surface area (Å²) in [6, 6.07) is 5.20. The molecule has 0 aliphatic rings. The van der Waals surface area contributed by atoms with E-state index in [0.29, 0.717) is 18.2 Å². The first-order valence-corrected chi connectivity index (χ1v) is 5.64. The number of benzene rings is 2. The number of alkyl halides is 6. The van der Waals surface area contributed by atoms with Gasteiger partial charge in [0.05, 0.1) is 11.1 Å². The van der Waals surface area contributed by atoms with Gasteiger partial charge in [0.2, 0.25) is 0 Å². The van der Waals surface area contributed by atoms with Crippen LogP contribution >= 0.6 is 0 Å². The second kappa shape index (κ2) is 5.05. The van der Waals surface area contributed by atoms with Crippen molar-refractivity contribution >= 4 is 0 Å². The van der Waals surface area contributed by atoms with Crippen molar-refractivity contribution in [3.05, 3.63) is 59.4 Å². The third-order valence-corrected chi connectivity index (χ3v) is 2.81. The monoisotopic (exact) mass is 308 g/mol. The zero-order chi connectivity index (χ0) is 15.8. The molecule has 0 bridgehead atoms. The van der Waals surface area contributed by atoms with Crippen molar-refractivity contribution in [3.8, 4) is 11.1 Å². The second-order valence-corrected chi connectivity index (χ2v) is 4.23. The van der Waals surface area contributed by atoms with Gasteiger partial charge >= 0.3 is 12.4 Å². The summed E-state index contributed by atoms with van der Waals surface area (Å²) in [5.74, 6) is -0.753. The Morgan fingerprint density at radius 3 is 1.43 bits per heavy atom. The number of rotatable bonds is 1. The minimum Gasteiger partial charge on any atom is -0.207 e. The Hall–Kier alpha value is -2.05. The summed E-state index contributed by atoms with van der Waals surface area (Å²) in [5.41, 5.74) is -4.18. The van der Waals surface area contributed by atoms with Gasteiger partial charge in [0, 0.05) is 5.56 Å². The predicted molar refractivity (Wildman–Crippen MR) is 61.8 cm³/mol. The largest absolute Gasteiger partial charge is 0.417 e. The smallest absolute Gasteiger partial charge is 0.207 e. The first-order valence-electron chi connectivity index (χ1n) is 5.64. The summed E-state index contributed by atoms with van der Waals surface area (Å²) in [6.07, 6.45) is -9.91. The van der Waals surface area contributed by atoms with Crippen molar-refractivity contribution in [2.75, 3.05) is 0 Å². The van der Waals surface area contributed by atoms with Crippen LogP contribution in [0.3, 0.4) is 0 Å². The summed E-state index contributed by atoms with van der Waals surface area (Å²) >= 11 is 0. The van der Waals surface area contributed by atoms with Gasteiger partial charge in [-0.1, -0.05) is 18.2 Å². The van der Waals surface area contributed by atoms with Gasteiger partial charge in [0.1, 0.15) is 5.82 Å².